The molecule has 1 aliphatic heterocycles. The van der Waals surface area contributed by atoms with Crippen LogP contribution in [0.1, 0.15) is 38.5 Å². The number of aliphatic hydroxyl groups is 1. The van der Waals surface area contributed by atoms with Gasteiger partial charge < -0.3 is 10.0 Å². The van der Waals surface area contributed by atoms with Gasteiger partial charge in [-0.2, -0.15) is 0 Å². The van der Waals surface area contributed by atoms with Crippen LogP contribution in [0.3, 0.4) is 0 Å². The van der Waals surface area contributed by atoms with Crippen molar-refractivity contribution < 1.29 is 9.90 Å². The van der Waals surface area contributed by atoms with Crippen molar-refractivity contribution in [2.24, 2.45) is 0 Å². The number of amides is 1. The van der Waals surface area contributed by atoms with Crippen LogP contribution in [0.25, 0.3) is 0 Å². The molecule has 1 atom stereocenters. The van der Waals surface area contributed by atoms with Gasteiger partial charge in [-0.15, -0.1) is 5.10 Å². The molecule has 0 bridgehead atoms. The second-order valence-electron chi connectivity index (χ2n) is 7.08. The predicted octanol–water partition coefficient (Wildman–Crippen LogP) is 0.506. The van der Waals surface area contributed by atoms with Gasteiger partial charge in [0.15, 0.2) is 0 Å². The first-order valence-electron chi connectivity index (χ1n) is 8.60. The summed E-state index contributed by atoms with van der Waals surface area (Å²) in [5.41, 5.74) is -0.822. The highest BCUT2D eigenvalue weighted by atomic mass is 16.3. The Bertz CT molecular complexity index is 515. The minimum absolute atomic E-state index is 0.168. The summed E-state index contributed by atoms with van der Waals surface area (Å²) in [7, 11) is 1.93. The lowest BCUT2D eigenvalue weighted by atomic mass is 9.94. The van der Waals surface area contributed by atoms with E-state index in [0.717, 1.165) is 19.4 Å². The Morgan fingerprint density at radius 2 is 2.17 bits per heavy atom. The lowest BCUT2D eigenvalue weighted by molar-refractivity contribution is -0.133. The second kappa shape index (κ2) is 6.97. The van der Waals surface area contributed by atoms with E-state index in [4.69, 9.17) is 0 Å². The van der Waals surface area contributed by atoms with Crippen LogP contribution < -0.4 is 0 Å². The summed E-state index contributed by atoms with van der Waals surface area (Å²) in [5, 5.41) is 18.4. The molecule has 1 aromatic heterocycles. The molecule has 2 aliphatic rings. The lowest BCUT2D eigenvalue weighted by Gasteiger charge is -2.32. The van der Waals surface area contributed by atoms with Gasteiger partial charge in [0.2, 0.25) is 5.91 Å². The third-order valence-corrected chi connectivity index (χ3v) is 5.21. The Balaban J connectivity index is 1.49. The molecule has 0 spiro atoms. The Labute approximate surface area is 137 Å². The summed E-state index contributed by atoms with van der Waals surface area (Å²) in [5.74, 6) is 0.168. The van der Waals surface area contributed by atoms with E-state index in [1.54, 1.807) is 17.1 Å². The van der Waals surface area contributed by atoms with Crippen molar-refractivity contribution in [2.75, 3.05) is 26.7 Å². The topological polar surface area (TPSA) is 74.5 Å². The quantitative estimate of drug-likeness (QED) is 0.855. The highest BCUT2D eigenvalue weighted by Crippen LogP contribution is 2.24. The van der Waals surface area contributed by atoms with Gasteiger partial charge in [0.05, 0.1) is 24.9 Å². The minimum Gasteiger partial charge on any atom is -0.387 e. The monoisotopic (exact) mass is 321 g/mol. The fourth-order valence-corrected chi connectivity index (χ4v) is 3.80. The molecule has 1 aliphatic carbocycles. The maximum Gasteiger partial charge on any atom is 0.236 e. The third kappa shape index (κ3) is 4.09. The first-order valence-corrected chi connectivity index (χ1v) is 8.60. The standard InChI is InChI=1S/C16H27N5O2/c1-19(14-5-3-2-4-6-14)15(22)11-20-9-7-16(23,12-20)13-21-10-8-17-18-21/h8,10,14,23H,2-7,9,11-13H2,1H3. The molecule has 1 N–H and O–H groups in total. The molecule has 128 valence electrons. The van der Waals surface area contributed by atoms with E-state index in [1.807, 2.05) is 11.9 Å². The van der Waals surface area contributed by atoms with Crippen LogP contribution in [-0.4, -0.2) is 74.1 Å². The molecule has 7 heteroatoms. The first kappa shape index (κ1) is 16.4. The van der Waals surface area contributed by atoms with Gasteiger partial charge in [-0.1, -0.05) is 24.5 Å². The maximum absolute atomic E-state index is 12.5. The van der Waals surface area contributed by atoms with Crippen molar-refractivity contribution in [3.8, 4) is 0 Å². The van der Waals surface area contributed by atoms with Crippen LogP contribution >= 0.6 is 0 Å². The van der Waals surface area contributed by atoms with Gasteiger partial charge >= 0.3 is 0 Å². The lowest BCUT2D eigenvalue weighted by Crippen LogP contribution is -2.45. The summed E-state index contributed by atoms with van der Waals surface area (Å²) in [6, 6.07) is 0.396. The molecular formula is C16H27N5O2. The molecule has 1 aromatic rings. The van der Waals surface area contributed by atoms with Crippen LogP contribution in [0.2, 0.25) is 0 Å². The van der Waals surface area contributed by atoms with Gasteiger partial charge in [-0.05, 0) is 19.3 Å². The van der Waals surface area contributed by atoms with E-state index < -0.39 is 5.60 Å². The molecule has 0 aromatic carbocycles. The molecular weight excluding hydrogens is 294 g/mol. The number of rotatable bonds is 5. The average Bonchev–Trinajstić information content (AvgIpc) is 3.17. The Kier molecular flexibility index (Phi) is 4.96. The minimum atomic E-state index is -0.822. The fraction of sp³-hybridized carbons (Fsp3) is 0.812. The van der Waals surface area contributed by atoms with Crippen molar-refractivity contribution in [3.63, 3.8) is 0 Å². The highest BCUT2D eigenvalue weighted by Gasteiger charge is 2.38. The van der Waals surface area contributed by atoms with Gasteiger partial charge in [0.1, 0.15) is 0 Å². The molecule has 2 heterocycles. The SMILES string of the molecule is CN(C(=O)CN1CCC(O)(Cn2ccnn2)C1)C1CCCCC1. The number of aromatic nitrogens is 3. The third-order valence-electron chi connectivity index (χ3n) is 5.21. The van der Waals surface area contributed by atoms with Crippen molar-refractivity contribution in [2.45, 2.75) is 56.7 Å². The molecule has 1 saturated heterocycles. The molecule has 1 unspecified atom stereocenters. The normalized spacial score (nSPS) is 26.5. The van der Waals surface area contributed by atoms with Crippen LogP contribution in [0, 0.1) is 0 Å². The molecule has 2 fully saturated rings. The van der Waals surface area contributed by atoms with Crippen molar-refractivity contribution in [3.05, 3.63) is 12.4 Å². The number of carbonyl (C=O) groups is 1. The van der Waals surface area contributed by atoms with Crippen LogP contribution in [0.5, 0.6) is 0 Å². The largest absolute Gasteiger partial charge is 0.387 e. The molecule has 7 nitrogen and oxygen atoms in total. The number of hydrogen-bond acceptors (Lipinski definition) is 5. The Morgan fingerprint density at radius 1 is 1.39 bits per heavy atom. The van der Waals surface area contributed by atoms with Crippen molar-refractivity contribution in [1.29, 1.82) is 0 Å². The number of β-amino-alcohol motifs (C(OH)–C–C–N with tert-alkyl or cyclic N) is 1. The van der Waals surface area contributed by atoms with E-state index in [-0.39, 0.29) is 5.91 Å². The van der Waals surface area contributed by atoms with E-state index in [0.29, 0.717) is 32.1 Å². The Hall–Kier alpha value is -1.47. The summed E-state index contributed by atoms with van der Waals surface area (Å²) in [6.07, 6.45) is 10.0. The highest BCUT2D eigenvalue weighted by molar-refractivity contribution is 5.78. The smallest absolute Gasteiger partial charge is 0.236 e. The van der Waals surface area contributed by atoms with Gasteiger partial charge in [0, 0.05) is 32.4 Å². The zero-order chi connectivity index (χ0) is 16.3. The summed E-state index contributed by atoms with van der Waals surface area (Å²) < 4.78 is 1.65. The van der Waals surface area contributed by atoms with E-state index >= 15 is 0 Å². The van der Waals surface area contributed by atoms with Gasteiger partial charge in [-0.25, -0.2) is 4.68 Å². The van der Waals surface area contributed by atoms with Crippen LogP contribution in [0.15, 0.2) is 12.4 Å². The van der Waals surface area contributed by atoms with Gasteiger partial charge in [0.25, 0.3) is 0 Å². The zero-order valence-corrected chi connectivity index (χ0v) is 13.9. The first-order chi connectivity index (χ1) is 11.1. The number of hydrogen-bond donors (Lipinski definition) is 1. The van der Waals surface area contributed by atoms with Crippen LogP contribution in [-0.2, 0) is 11.3 Å². The second-order valence-corrected chi connectivity index (χ2v) is 7.08. The summed E-state index contributed by atoms with van der Waals surface area (Å²) in [4.78, 5) is 16.5. The molecule has 23 heavy (non-hydrogen) atoms. The summed E-state index contributed by atoms with van der Waals surface area (Å²) >= 11 is 0. The Morgan fingerprint density at radius 3 is 2.87 bits per heavy atom. The zero-order valence-electron chi connectivity index (χ0n) is 13.9. The average molecular weight is 321 g/mol. The van der Waals surface area contributed by atoms with E-state index in [2.05, 4.69) is 15.2 Å². The van der Waals surface area contributed by atoms with Crippen molar-refractivity contribution >= 4 is 5.91 Å². The van der Waals surface area contributed by atoms with E-state index in [1.165, 1.54) is 19.3 Å². The summed E-state index contributed by atoms with van der Waals surface area (Å²) in [6.45, 7) is 2.08. The number of likely N-dealkylation sites (tertiary alicyclic amines) is 1. The molecule has 3 rings (SSSR count). The fourth-order valence-electron chi connectivity index (χ4n) is 3.80. The number of likely N-dealkylation sites (N-methyl/N-ethyl adjacent to an activating group) is 1. The predicted molar refractivity (Wildman–Crippen MR) is 85.7 cm³/mol. The number of carbonyl (C=O) groups excluding carboxylic acids is 1. The number of nitrogens with zero attached hydrogens (tertiary/aromatic N) is 5. The van der Waals surface area contributed by atoms with Crippen LogP contribution in [0.4, 0.5) is 0 Å². The maximum atomic E-state index is 12.5. The van der Waals surface area contributed by atoms with Gasteiger partial charge in [-0.3, -0.25) is 9.69 Å². The molecule has 1 saturated carbocycles. The van der Waals surface area contributed by atoms with E-state index in [9.17, 15) is 9.90 Å². The molecule has 1 amide bonds. The molecule has 0 radical (unpaired) electrons. The van der Waals surface area contributed by atoms with Crippen molar-refractivity contribution in [1.82, 2.24) is 24.8 Å².